The zero-order chi connectivity index (χ0) is 21.9. The quantitative estimate of drug-likeness (QED) is 0.762. The summed E-state index contributed by atoms with van der Waals surface area (Å²) in [5, 5.41) is 11.5. The molecule has 2 aromatic rings. The van der Waals surface area contributed by atoms with E-state index < -0.39 is 22.7 Å². The first-order chi connectivity index (χ1) is 14.1. The monoisotopic (exact) mass is 441 g/mol. The SMILES string of the molecule is O=C(CN1CCN(C(=O)c2cccc(O)c2)CC1)Nc1ccc(Cl)c(C(F)(F)F)c1. The number of aromatic hydroxyl groups is 1. The summed E-state index contributed by atoms with van der Waals surface area (Å²) in [5.74, 6) is -0.666. The summed E-state index contributed by atoms with van der Waals surface area (Å²) >= 11 is 5.58. The van der Waals surface area contributed by atoms with Gasteiger partial charge in [0.25, 0.3) is 5.91 Å². The van der Waals surface area contributed by atoms with Crippen molar-refractivity contribution in [3.05, 3.63) is 58.6 Å². The highest BCUT2D eigenvalue weighted by atomic mass is 35.5. The van der Waals surface area contributed by atoms with Crippen LogP contribution in [-0.2, 0) is 11.0 Å². The van der Waals surface area contributed by atoms with E-state index in [9.17, 15) is 27.9 Å². The van der Waals surface area contributed by atoms with Crippen LogP contribution in [0.3, 0.4) is 0 Å². The molecule has 0 atom stereocenters. The standard InChI is InChI=1S/C20H19ClF3N3O3/c21-17-5-4-14(11-16(17)20(22,23)24)25-18(29)12-26-6-8-27(9-7-26)19(30)13-2-1-3-15(28)10-13/h1-5,10-11,28H,6-9,12H2,(H,25,29). The maximum atomic E-state index is 12.9. The molecule has 0 saturated carbocycles. The van der Waals surface area contributed by atoms with Crippen LogP contribution in [0.2, 0.25) is 5.02 Å². The van der Waals surface area contributed by atoms with E-state index in [2.05, 4.69) is 5.32 Å². The third-order valence-corrected chi connectivity index (χ3v) is 5.00. The van der Waals surface area contributed by atoms with Crippen molar-refractivity contribution in [2.75, 3.05) is 38.0 Å². The van der Waals surface area contributed by atoms with Gasteiger partial charge in [-0.1, -0.05) is 17.7 Å². The van der Waals surface area contributed by atoms with Crippen LogP contribution in [0.1, 0.15) is 15.9 Å². The van der Waals surface area contributed by atoms with Crippen LogP contribution in [0.15, 0.2) is 42.5 Å². The number of nitrogens with one attached hydrogen (secondary N) is 1. The summed E-state index contributed by atoms with van der Waals surface area (Å²) in [4.78, 5) is 28.1. The number of alkyl halides is 3. The molecule has 2 N–H and O–H groups in total. The van der Waals surface area contributed by atoms with Crippen LogP contribution in [0, 0.1) is 0 Å². The lowest BCUT2D eigenvalue weighted by atomic mass is 10.1. The molecule has 0 unspecified atom stereocenters. The first-order valence-corrected chi connectivity index (χ1v) is 9.48. The van der Waals surface area contributed by atoms with Crippen LogP contribution >= 0.6 is 11.6 Å². The number of rotatable bonds is 4. The summed E-state index contributed by atoms with van der Waals surface area (Å²) in [5.41, 5.74) is -0.625. The van der Waals surface area contributed by atoms with Gasteiger partial charge < -0.3 is 15.3 Å². The first kappa shape index (κ1) is 21.9. The predicted octanol–water partition coefficient (Wildman–Crippen LogP) is 3.46. The summed E-state index contributed by atoms with van der Waals surface area (Å²) in [7, 11) is 0. The molecule has 1 aliphatic heterocycles. The molecule has 0 aliphatic carbocycles. The molecule has 2 amide bonds. The Morgan fingerprint density at radius 1 is 1.07 bits per heavy atom. The van der Waals surface area contributed by atoms with Crippen molar-refractivity contribution in [3.63, 3.8) is 0 Å². The molecular weight excluding hydrogens is 423 g/mol. The zero-order valence-corrected chi connectivity index (χ0v) is 16.5. The minimum Gasteiger partial charge on any atom is -0.508 e. The normalized spacial score (nSPS) is 15.1. The molecule has 1 heterocycles. The van der Waals surface area contributed by atoms with Crippen molar-refractivity contribution in [1.29, 1.82) is 0 Å². The second-order valence-corrected chi connectivity index (χ2v) is 7.27. The van der Waals surface area contributed by atoms with E-state index in [1.54, 1.807) is 17.0 Å². The number of hydrogen-bond acceptors (Lipinski definition) is 4. The highest BCUT2D eigenvalue weighted by molar-refractivity contribution is 6.31. The number of anilines is 1. The fraction of sp³-hybridized carbons (Fsp3) is 0.300. The Balaban J connectivity index is 1.53. The van der Waals surface area contributed by atoms with Gasteiger partial charge in [-0.15, -0.1) is 0 Å². The predicted molar refractivity (Wildman–Crippen MR) is 106 cm³/mol. The van der Waals surface area contributed by atoms with Gasteiger partial charge in [-0.05, 0) is 36.4 Å². The number of carbonyl (C=O) groups is 2. The smallest absolute Gasteiger partial charge is 0.417 e. The van der Waals surface area contributed by atoms with E-state index >= 15 is 0 Å². The van der Waals surface area contributed by atoms with E-state index in [1.165, 1.54) is 18.2 Å². The number of phenols is 1. The zero-order valence-electron chi connectivity index (χ0n) is 15.7. The van der Waals surface area contributed by atoms with Crippen molar-refractivity contribution >= 4 is 29.1 Å². The Morgan fingerprint density at radius 2 is 1.77 bits per heavy atom. The van der Waals surface area contributed by atoms with Crippen molar-refractivity contribution < 1.29 is 27.9 Å². The van der Waals surface area contributed by atoms with Crippen molar-refractivity contribution in [3.8, 4) is 5.75 Å². The van der Waals surface area contributed by atoms with Gasteiger partial charge in [-0.3, -0.25) is 14.5 Å². The maximum Gasteiger partial charge on any atom is 0.417 e. The van der Waals surface area contributed by atoms with Gasteiger partial charge >= 0.3 is 6.18 Å². The topological polar surface area (TPSA) is 72.9 Å². The molecule has 1 saturated heterocycles. The highest BCUT2D eigenvalue weighted by Gasteiger charge is 2.33. The molecule has 10 heteroatoms. The molecule has 160 valence electrons. The fourth-order valence-corrected chi connectivity index (χ4v) is 3.38. The van der Waals surface area contributed by atoms with Crippen LogP contribution in [-0.4, -0.2) is 59.4 Å². The lowest BCUT2D eigenvalue weighted by Crippen LogP contribution is -2.50. The largest absolute Gasteiger partial charge is 0.508 e. The van der Waals surface area contributed by atoms with E-state index in [0.717, 1.165) is 12.1 Å². The van der Waals surface area contributed by atoms with E-state index in [4.69, 9.17) is 11.6 Å². The van der Waals surface area contributed by atoms with Gasteiger partial charge in [0.15, 0.2) is 0 Å². The summed E-state index contributed by atoms with van der Waals surface area (Å²) < 4.78 is 38.8. The fourth-order valence-electron chi connectivity index (χ4n) is 3.15. The number of carbonyl (C=O) groups excluding carboxylic acids is 2. The summed E-state index contributed by atoms with van der Waals surface area (Å²) in [6.07, 6.45) is -4.61. The lowest BCUT2D eigenvalue weighted by Gasteiger charge is -2.34. The van der Waals surface area contributed by atoms with Crippen LogP contribution < -0.4 is 5.32 Å². The first-order valence-electron chi connectivity index (χ1n) is 9.11. The summed E-state index contributed by atoms with van der Waals surface area (Å²) in [6, 6.07) is 9.27. The van der Waals surface area contributed by atoms with Crippen molar-refractivity contribution in [1.82, 2.24) is 9.80 Å². The molecule has 0 spiro atoms. The van der Waals surface area contributed by atoms with Crippen LogP contribution in [0.4, 0.5) is 18.9 Å². The molecule has 0 aromatic heterocycles. The second kappa shape index (κ2) is 8.93. The molecule has 0 radical (unpaired) electrons. The third kappa shape index (κ3) is 5.43. The molecule has 30 heavy (non-hydrogen) atoms. The molecule has 1 aliphatic rings. The van der Waals surface area contributed by atoms with Crippen molar-refractivity contribution in [2.24, 2.45) is 0 Å². The molecule has 6 nitrogen and oxygen atoms in total. The van der Waals surface area contributed by atoms with E-state index in [-0.39, 0.29) is 23.9 Å². The molecule has 2 aromatic carbocycles. The van der Waals surface area contributed by atoms with E-state index in [0.29, 0.717) is 31.7 Å². The van der Waals surface area contributed by atoms with Gasteiger partial charge in [0.2, 0.25) is 5.91 Å². The Bertz CT molecular complexity index is 944. The Morgan fingerprint density at radius 3 is 2.40 bits per heavy atom. The minimum absolute atomic E-state index is 0.00652. The van der Waals surface area contributed by atoms with Gasteiger partial charge in [-0.2, -0.15) is 13.2 Å². The average molecular weight is 442 g/mol. The van der Waals surface area contributed by atoms with Gasteiger partial charge in [0.1, 0.15) is 5.75 Å². The van der Waals surface area contributed by atoms with Crippen LogP contribution in [0.25, 0.3) is 0 Å². The highest BCUT2D eigenvalue weighted by Crippen LogP contribution is 2.36. The molecular formula is C20H19ClF3N3O3. The van der Waals surface area contributed by atoms with Gasteiger partial charge in [0, 0.05) is 37.4 Å². The number of phenolic OH excluding ortho intramolecular Hbond substituents is 1. The lowest BCUT2D eigenvalue weighted by molar-refractivity contribution is -0.137. The van der Waals surface area contributed by atoms with Gasteiger partial charge in [-0.25, -0.2) is 0 Å². The average Bonchev–Trinajstić information content (AvgIpc) is 2.68. The summed E-state index contributed by atoms with van der Waals surface area (Å²) in [6.45, 7) is 1.64. The molecule has 1 fully saturated rings. The third-order valence-electron chi connectivity index (χ3n) is 4.68. The number of amides is 2. The minimum atomic E-state index is -4.61. The number of benzene rings is 2. The molecule has 0 bridgehead atoms. The molecule has 3 rings (SSSR count). The van der Waals surface area contributed by atoms with Crippen molar-refractivity contribution in [2.45, 2.75) is 6.18 Å². The number of nitrogens with zero attached hydrogens (tertiary/aromatic N) is 2. The van der Waals surface area contributed by atoms with E-state index in [1.807, 2.05) is 4.90 Å². The Hall–Kier alpha value is -2.78. The Labute approximate surface area is 175 Å². The number of hydrogen-bond donors (Lipinski definition) is 2. The Kier molecular flexibility index (Phi) is 6.52. The van der Waals surface area contributed by atoms with Gasteiger partial charge in [0.05, 0.1) is 17.1 Å². The van der Waals surface area contributed by atoms with Crippen LogP contribution in [0.5, 0.6) is 5.75 Å². The maximum absolute atomic E-state index is 12.9. The number of piperazine rings is 1. The second-order valence-electron chi connectivity index (χ2n) is 6.86. The number of halogens is 4.